The summed E-state index contributed by atoms with van der Waals surface area (Å²) in [4.78, 5) is 17.9. The van der Waals surface area contributed by atoms with Gasteiger partial charge < -0.3 is 19.6 Å². The van der Waals surface area contributed by atoms with Crippen molar-refractivity contribution in [2.75, 3.05) is 0 Å². The Balaban J connectivity index is 2.23. The highest BCUT2D eigenvalue weighted by molar-refractivity contribution is 7.51. The molecule has 0 saturated heterocycles. The van der Waals surface area contributed by atoms with Crippen LogP contribution in [0.4, 0.5) is 0 Å². The van der Waals surface area contributed by atoms with Gasteiger partial charge in [0.15, 0.2) is 5.85 Å². The molecule has 0 amide bonds. The minimum Gasteiger partial charge on any atom is -0.457 e. The molecule has 2 aromatic carbocycles. The molecule has 0 radical (unpaired) electrons. The summed E-state index contributed by atoms with van der Waals surface area (Å²) in [6.45, 7) is 0. The van der Waals surface area contributed by atoms with Crippen molar-refractivity contribution in [2.45, 2.75) is 5.85 Å². The molecule has 0 aromatic heterocycles. The van der Waals surface area contributed by atoms with E-state index in [1.54, 1.807) is 24.3 Å². The fourth-order valence-electron chi connectivity index (χ4n) is 1.56. The molecular weight excluding hydrogens is 267 g/mol. The normalized spacial score (nSPS) is 13.0. The fraction of sp³-hybridized carbons (Fsp3) is 0.0769. The molecule has 2 rings (SSSR count). The predicted molar refractivity (Wildman–Crippen MR) is 70.0 cm³/mol. The van der Waals surface area contributed by atoms with Crippen molar-refractivity contribution in [2.24, 2.45) is 0 Å². The van der Waals surface area contributed by atoms with Crippen molar-refractivity contribution in [1.29, 1.82) is 0 Å². The highest BCUT2D eigenvalue weighted by atomic mass is 31.2. The smallest absolute Gasteiger partial charge is 0.358 e. The average Bonchev–Trinajstić information content (AvgIpc) is 2.38. The van der Waals surface area contributed by atoms with Crippen molar-refractivity contribution in [3.63, 3.8) is 0 Å². The lowest BCUT2D eigenvalue weighted by Gasteiger charge is -2.13. The zero-order valence-corrected chi connectivity index (χ0v) is 10.8. The van der Waals surface area contributed by atoms with Crippen molar-refractivity contribution in [3.8, 4) is 11.5 Å². The lowest BCUT2D eigenvalue weighted by atomic mass is 10.2. The number of para-hydroxylation sites is 1. The number of hydrogen-bond donors (Lipinski definition) is 3. The first-order valence-corrected chi connectivity index (χ1v) is 7.21. The van der Waals surface area contributed by atoms with Gasteiger partial charge in [-0.3, -0.25) is 4.57 Å². The summed E-state index contributed by atoms with van der Waals surface area (Å²) < 4.78 is 16.5. The van der Waals surface area contributed by atoms with Crippen molar-refractivity contribution < 1.29 is 24.2 Å². The summed E-state index contributed by atoms with van der Waals surface area (Å²) in [5.41, 5.74) is 0.113. The first kappa shape index (κ1) is 13.8. The van der Waals surface area contributed by atoms with Gasteiger partial charge in [-0.1, -0.05) is 30.3 Å². The van der Waals surface area contributed by atoms with Crippen molar-refractivity contribution in [1.82, 2.24) is 0 Å². The zero-order valence-electron chi connectivity index (χ0n) is 9.88. The molecule has 1 unspecified atom stereocenters. The second-order valence-corrected chi connectivity index (χ2v) is 5.62. The Kier molecular flexibility index (Phi) is 4.02. The Morgan fingerprint density at radius 1 is 0.947 bits per heavy atom. The Morgan fingerprint density at radius 2 is 1.58 bits per heavy atom. The summed E-state index contributed by atoms with van der Waals surface area (Å²) in [6, 6.07) is 15.0. The molecule has 5 nitrogen and oxygen atoms in total. The van der Waals surface area contributed by atoms with Gasteiger partial charge >= 0.3 is 7.60 Å². The van der Waals surface area contributed by atoms with Crippen LogP contribution in [0, 0.1) is 0 Å². The quantitative estimate of drug-likeness (QED) is 0.749. The van der Waals surface area contributed by atoms with E-state index in [0.29, 0.717) is 11.5 Å². The molecule has 3 N–H and O–H groups in total. The van der Waals surface area contributed by atoms with E-state index in [1.165, 1.54) is 12.1 Å². The van der Waals surface area contributed by atoms with Crippen LogP contribution < -0.4 is 4.74 Å². The Bertz CT molecular complexity index is 593. The summed E-state index contributed by atoms with van der Waals surface area (Å²) in [5, 5.41) is 9.53. The molecule has 6 heteroatoms. The average molecular weight is 280 g/mol. The Morgan fingerprint density at radius 3 is 2.21 bits per heavy atom. The molecule has 0 bridgehead atoms. The van der Waals surface area contributed by atoms with E-state index < -0.39 is 13.4 Å². The minimum atomic E-state index is -4.58. The van der Waals surface area contributed by atoms with Crippen LogP contribution in [0.1, 0.15) is 11.4 Å². The maximum absolute atomic E-state index is 11.0. The van der Waals surface area contributed by atoms with E-state index in [0.717, 1.165) is 0 Å². The molecule has 2 aromatic rings. The van der Waals surface area contributed by atoms with Crippen LogP contribution in [0.25, 0.3) is 0 Å². The maximum atomic E-state index is 11.0. The molecule has 0 spiro atoms. The summed E-state index contributed by atoms with van der Waals surface area (Å²) in [6.07, 6.45) is 0. The number of benzene rings is 2. The lowest BCUT2D eigenvalue weighted by Crippen LogP contribution is -1.98. The SMILES string of the molecule is O=P(O)(O)C(O)c1cccc(Oc2ccccc2)c1. The second-order valence-electron chi connectivity index (χ2n) is 3.95. The van der Waals surface area contributed by atoms with E-state index in [-0.39, 0.29) is 5.56 Å². The molecule has 0 heterocycles. The monoisotopic (exact) mass is 280 g/mol. The molecule has 0 aliphatic heterocycles. The van der Waals surface area contributed by atoms with E-state index in [9.17, 15) is 9.67 Å². The van der Waals surface area contributed by atoms with E-state index >= 15 is 0 Å². The topological polar surface area (TPSA) is 87.0 Å². The summed E-state index contributed by atoms with van der Waals surface area (Å²) in [7, 11) is -4.58. The second kappa shape index (κ2) is 5.55. The number of aliphatic hydroxyl groups is 1. The lowest BCUT2D eigenvalue weighted by molar-refractivity contribution is 0.205. The fourth-order valence-corrected chi connectivity index (χ4v) is 2.11. The van der Waals surface area contributed by atoms with Gasteiger partial charge in [-0.15, -0.1) is 0 Å². The Hall–Kier alpha value is -1.65. The molecule has 0 aliphatic carbocycles. The molecule has 1 atom stereocenters. The van der Waals surface area contributed by atoms with Gasteiger partial charge in [0.2, 0.25) is 0 Å². The number of rotatable bonds is 4. The van der Waals surface area contributed by atoms with E-state index in [4.69, 9.17) is 14.5 Å². The number of hydrogen-bond acceptors (Lipinski definition) is 3. The van der Waals surface area contributed by atoms with Gasteiger partial charge in [0.05, 0.1) is 0 Å². The first-order valence-electron chi connectivity index (χ1n) is 5.53. The molecule has 19 heavy (non-hydrogen) atoms. The van der Waals surface area contributed by atoms with Gasteiger partial charge in [0.25, 0.3) is 0 Å². The highest BCUT2D eigenvalue weighted by Gasteiger charge is 2.28. The number of aliphatic hydroxyl groups excluding tert-OH is 1. The van der Waals surface area contributed by atoms with Crippen LogP contribution >= 0.6 is 7.60 Å². The molecule has 100 valence electrons. The van der Waals surface area contributed by atoms with E-state index in [2.05, 4.69) is 0 Å². The van der Waals surface area contributed by atoms with Crippen LogP contribution in [-0.4, -0.2) is 14.9 Å². The van der Waals surface area contributed by atoms with Crippen LogP contribution in [0.3, 0.4) is 0 Å². The summed E-state index contributed by atoms with van der Waals surface area (Å²) >= 11 is 0. The Labute approximate surface area is 110 Å². The molecule has 0 saturated carbocycles. The van der Waals surface area contributed by atoms with Crippen LogP contribution in [-0.2, 0) is 4.57 Å². The maximum Gasteiger partial charge on any atom is 0.358 e. The molecule has 0 aliphatic rings. The van der Waals surface area contributed by atoms with Gasteiger partial charge in [0, 0.05) is 0 Å². The summed E-state index contributed by atoms with van der Waals surface area (Å²) in [5.74, 6) is -0.839. The van der Waals surface area contributed by atoms with Gasteiger partial charge in [-0.2, -0.15) is 0 Å². The van der Waals surface area contributed by atoms with Crippen molar-refractivity contribution in [3.05, 3.63) is 60.2 Å². The first-order chi connectivity index (χ1) is 8.97. The van der Waals surface area contributed by atoms with Crippen molar-refractivity contribution >= 4 is 7.60 Å². The van der Waals surface area contributed by atoms with Gasteiger partial charge in [0.1, 0.15) is 11.5 Å². The largest absolute Gasteiger partial charge is 0.457 e. The third kappa shape index (κ3) is 3.66. The predicted octanol–water partition coefficient (Wildman–Crippen LogP) is 2.65. The van der Waals surface area contributed by atoms with Gasteiger partial charge in [-0.05, 0) is 29.8 Å². The third-order valence-electron chi connectivity index (χ3n) is 2.45. The molecule has 0 fully saturated rings. The third-order valence-corrected chi connectivity index (χ3v) is 3.39. The minimum absolute atomic E-state index is 0.113. The van der Waals surface area contributed by atoms with Crippen LogP contribution in [0.15, 0.2) is 54.6 Å². The standard InChI is InChI=1S/C13H13O5P/c14-13(19(15,16)17)10-5-4-8-12(9-10)18-11-6-2-1-3-7-11/h1-9,13-14H,(H2,15,16,17). The van der Waals surface area contributed by atoms with Gasteiger partial charge in [-0.25, -0.2) is 0 Å². The number of ether oxygens (including phenoxy) is 1. The molecular formula is C13H13O5P. The van der Waals surface area contributed by atoms with Crippen LogP contribution in [0.5, 0.6) is 11.5 Å². The van der Waals surface area contributed by atoms with Crippen LogP contribution in [0.2, 0.25) is 0 Å². The highest BCUT2D eigenvalue weighted by Crippen LogP contribution is 2.50. The zero-order chi connectivity index (χ0) is 13.9. The van der Waals surface area contributed by atoms with E-state index in [1.807, 2.05) is 18.2 Å².